The zero-order valence-corrected chi connectivity index (χ0v) is 22.4. The second kappa shape index (κ2) is 15.0. The second-order valence-corrected chi connectivity index (χ2v) is 14.0. The van der Waals surface area contributed by atoms with Crippen LogP contribution in [0.15, 0.2) is 42.5 Å². The van der Waals surface area contributed by atoms with Crippen molar-refractivity contribution in [1.29, 1.82) is 0 Å². The molecule has 0 aliphatic heterocycles. The molecule has 1 aliphatic rings. The van der Waals surface area contributed by atoms with Crippen LogP contribution >= 0.6 is 10.8 Å². The Morgan fingerprint density at radius 1 is 1.11 bits per heavy atom. The summed E-state index contributed by atoms with van der Waals surface area (Å²) in [6.07, 6.45) is 7.91. The van der Waals surface area contributed by atoms with Crippen molar-refractivity contribution in [2.45, 2.75) is 81.9 Å². The molecule has 1 aliphatic carbocycles. The summed E-state index contributed by atoms with van der Waals surface area (Å²) in [4.78, 5) is 12.2. The number of amides is 1. The van der Waals surface area contributed by atoms with E-state index in [1.165, 1.54) is 5.56 Å². The van der Waals surface area contributed by atoms with Gasteiger partial charge >= 0.3 is 0 Å². The predicted molar refractivity (Wildman–Crippen MR) is 142 cm³/mol. The van der Waals surface area contributed by atoms with Crippen LogP contribution in [-0.4, -0.2) is 66.0 Å². The van der Waals surface area contributed by atoms with Gasteiger partial charge in [0.1, 0.15) is 0 Å². The van der Waals surface area contributed by atoms with Gasteiger partial charge in [-0.3, -0.25) is 4.79 Å². The third-order valence-electron chi connectivity index (χ3n) is 6.57. The highest BCUT2D eigenvalue weighted by Crippen LogP contribution is 2.38. The largest absolute Gasteiger partial charge is 0.393 e. The number of hydrogen-bond donors (Lipinski definition) is 4. The van der Waals surface area contributed by atoms with Crippen LogP contribution in [0.25, 0.3) is 0 Å². The highest BCUT2D eigenvalue weighted by molar-refractivity contribution is 8.72. The molecule has 1 fully saturated rings. The number of allylic oxidation sites excluding steroid dienone is 2. The van der Waals surface area contributed by atoms with Crippen LogP contribution < -0.4 is 5.32 Å². The first kappa shape index (κ1) is 29.8. The lowest BCUT2D eigenvalue weighted by molar-refractivity contribution is -0.120. The maximum atomic E-state index is 12.2. The molecule has 4 N–H and O–H groups in total. The van der Waals surface area contributed by atoms with Crippen molar-refractivity contribution in [2.24, 2.45) is 11.8 Å². The van der Waals surface area contributed by atoms with Gasteiger partial charge in [-0.05, 0) is 86.5 Å². The van der Waals surface area contributed by atoms with Gasteiger partial charge in [-0.2, -0.15) is 0 Å². The Bertz CT molecular complexity index is 892. The molecule has 198 valence electrons. The monoisotopic (exact) mass is 527 g/mol. The number of aliphatic hydroxyl groups excluding tert-OH is 3. The molecule has 0 aromatic heterocycles. The second-order valence-electron chi connectivity index (χ2n) is 9.42. The highest BCUT2D eigenvalue weighted by Gasteiger charge is 2.40. The number of aliphatic hydroxyl groups is 3. The molecule has 1 aromatic rings. The Hall–Kier alpha value is -1.39. The molecule has 6 atom stereocenters. The number of carbonyl (C=O) groups is 1. The summed E-state index contributed by atoms with van der Waals surface area (Å²) in [7, 11) is -2.67. The summed E-state index contributed by atoms with van der Waals surface area (Å²) in [5.74, 6) is -0.450. The van der Waals surface area contributed by atoms with E-state index in [1.807, 2.05) is 42.5 Å². The van der Waals surface area contributed by atoms with Gasteiger partial charge < -0.3 is 20.6 Å². The van der Waals surface area contributed by atoms with Gasteiger partial charge in [-0.25, -0.2) is 8.42 Å². The molecule has 35 heavy (non-hydrogen) atoms. The molecule has 0 saturated heterocycles. The van der Waals surface area contributed by atoms with E-state index in [9.17, 15) is 28.5 Å². The van der Waals surface area contributed by atoms with E-state index in [0.29, 0.717) is 62.3 Å². The first-order valence-electron chi connectivity index (χ1n) is 12.5. The van der Waals surface area contributed by atoms with E-state index in [0.717, 1.165) is 12.7 Å². The fourth-order valence-electron chi connectivity index (χ4n) is 4.75. The maximum absolute atomic E-state index is 12.2. The van der Waals surface area contributed by atoms with Crippen molar-refractivity contribution in [2.75, 3.05) is 12.8 Å². The number of aryl methyl sites for hydroxylation is 1. The molecule has 0 bridgehead atoms. The van der Waals surface area contributed by atoms with Crippen LogP contribution in [0, 0.1) is 11.8 Å². The lowest BCUT2D eigenvalue weighted by Gasteiger charge is -2.23. The van der Waals surface area contributed by atoms with E-state index in [-0.39, 0.29) is 17.7 Å². The number of rotatable bonds is 15. The molecular formula is C26H41NO6S2. The summed E-state index contributed by atoms with van der Waals surface area (Å²) in [6, 6.07) is 10.0. The van der Waals surface area contributed by atoms with Crippen LogP contribution in [0.5, 0.6) is 0 Å². The molecule has 1 aromatic carbocycles. The predicted octanol–water partition coefficient (Wildman–Crippen LogP) is 3.04. The zero-order chi connectivity index (χ0) is 25.8. The maximum Gasteiger partial charge on any atom is 0.234 e. The first-order chi connectivity index (χ1) is 16.6. The molecular weight excluding hydrogens is 486 g/mol. The first-order valence-corrected chi connectivity index (χ1v) is 15.8. The van der Waals surface area contributed by atoms with Gasteiger partial charge in [0, 0.05) is 12.8 Å². The third-order valence-corrected chi connectivity index (χ3v) is 9.35. The Morgan fingerprint density at radius 3 is 2.46 bits per heavy atom. The topological polar surface area (TPSA) is 124 Å². The molecule has 1 amide bonds. The lowest BCUT2D eigenvalue weighted by atomic mass is 9.85. The van der Waals surface area contributed by atoms with E-state index >= 15 is 0 Å². The SMILES string of the molecule is CCNC(=O)C(CC/C=C\C[C@@H]1[C@@H](CC[C@@H](O)CCc2ccccc2)[C@H](O)C[C@H]1O)SS(C)(=O)=O. The van der Waals surface area contributed by atoms with Gasteiger partial charge in [0.2, 0.25) is 5.91 Å². The van der Waals surface area contributed by atoms with Crippen LogP contribution in [0.4, 0.5) is 0 Å². The van der Waals surface area contributed by atoms with Crippen molar-refractivity contribution >= 4 is 25.6 Å². The van der Waals surface area contributed by atoms with E-state index in [4.69, 9.17) is 0 Å². The number of nitrogens with one attached hydrogen (secondary N) is 1. The molecule has 7 nitrogen and oxygen atoms in total. The summed E-state index contributed by atoms with van der Waals surface area (Å²) >= 11 is 0. The van der Waals surface area contributed by atoms with Crippen molar-refractivity contribution < 1.29 is 28.5 Å². The number of benzene rings is 1. The summed E-state index contributed by atoms with van der Waals surface area (Å²) in [5, 5.41) is 33.4. The molecule has 1 saturated carbocycles. The average molecular weight is 528 g/mol. The summed E-state index contributed by atoms with van der Waals surface area (Å²) in [6.45, 7) is 2.24. The van der Waals surface area contributed by atoms with Crippen molar-refractivity contribution in [3.63, 3.8) is 0 Å². The van der Waals surface area contributed by atoms with Crippen molar-refractivity contribution in [3.05, 3.63) is 48.0 Å². The molecule has 9 heteroatoms. The number of hydrogen-bond acceptors (Lipinski definition) is 7. The standard InChI is InChI=1S/C26H41NO6S2/c1-3-27-26(31)25(34-35(2,32)33)13-9-5-8-12-21-22(24(30)18-23(21)29)17-16-20(28)15-14-19-10-6-4-7-11-19/h4-8,10-11,20-25,28-30H,3,9,12-18H2,1-2H3,(H,27,31)/b8-5-/t20-,21+,22+,23+,24+,25?/m0/s1. The molecule has 1 unspecified atom stereocenters. The van der Waals surface area contributed by atoms with Crippen LogP contribution in [0.2, 0.25) is 0 Å². The van der Waals surface area contributed by atoms with Gasteiger partial charge in [0.25, 0.3) is 0 Å². The minimum atomic E-state index is -3.35. The van der Waals surface area contributed by atoms with Crippen molar-refractivity contribution in [3.8, 4) is 0 Å². The van der Waals surface area contributed by atoms with Gasteiger partial charge in [-0.1, -0.05) is 42.5 Å². The van der Waals surface area contributed by atoms with Crippen LogP contribution in [0.3, 0.4) is 0 Å². The van der Waals surface area contributed by atoms with Gasteiger partial charge in [0.05, 0.1) is 23.6 Å². The highest BCUT2D eigenvalue weighted by atomic mass is 33.1. The molecule has 0 radical (unpaired) electrons. The molecule has 0 heterocycles. The Labute approximate surface area is 213 Å². The fourth-order valence-corrected chi connectivity index (χ4v) is 7.40. The summed E-state index contributed by atoms with van der Waals surface area (Å²) < 4.78 is 23.3. The van der Waals surface area contributed by atoms with Crippen LogP contribution in [-0.2, 0) is 20.1 Å². The van der Waals surface area contributed by atoms with E-state index in [1.54, 1.807) is 6.92 Å². The van der Waals surface area contributed by atoms with Gasteiger partial charge in [-0.15, -0.1) is 0 Å². The van der Waals surface area contributed by atoms with Crippen molar-refractivity contribution in [1.82, 2.24) is 5.32 Å². The van der Waals surface area contributed by atoms with Crippen LogP contribution in [0.1, 0.15) is 57.4 Å². The Balaban J connectivity index is 1.81. The fraction of sp³-hybridized carbons (Fsp3) is 0.654. The minimum Gasteiger partial charge on any atom is -0.393 e. The smallest absolute Gasteiger partial charge is 0.234 e. The summed E-state index contributed by atoms with van der Waals surface area (Å²) in [5.41, 5.74) is 1.19. The molecule has 0 spiro atoms. The Morgan fingerprint density at radius 2 is 1.80 bits per heavy atom. The minimum absolute atomic E-state index is 0.0788. The Kier molecular flexibility index (Phi) is 12.8. The normalized spacial score (nSPS) is 24.5. The van der Waals surface area contributed by atoms with E-state index < -0.39 is 32.4 Å². The molecule has 2 rings (SSSR count). The van der Waals surface area contributed by atoms with E-state index in [2.05, 4.69) is 5.32 Å². The average Bonchev–Trinajstić information content (AvgIpc) is 3.07. The third kappa shape index (κ3) is 11.0. The quantitative estimate of drug-likeness (QED) is 0.204. The number of carbonyl (C=O) groups excluding carboxylic acids is 1. The lowest BCUT2D eigenvalue weighted by Crippen LogP contribution is -2.33. The zero-order valence-electron chi connectivity index (χ0n) is 20.8. The van der Waals surface area contributed by atoms with Gasteiger partial charge in [0.15, 0.2) is 8.87 Å².